The Bertz CT molecular complexity index is 320. The summed E-state index contributed by atoms with van der Waals surface area (Å²) in [5.41, 5.74) is 0.574. The number of phenolic OH excluding ortho intramolecular Hbond substituents is 2. The predicted molar refractivity (Wildman–Crippen MR) is 33.9 cm³/mol. The molecule has 0 fully saturated rings. The van der Waals surface area contributed by atoms with E-state index < -0.39 is 0 Å². The smallest absolute Gasteiger partial charge is 0.174 e. The van der Waals surface area contributed by atoms with Gasteiger partial charge in [-0.2, -0.15) is 0 Å². The molecule has 1 aromatic rings. The number of fused-ring (bicyclic) bond motifs is 2. The second-order valence-corrected chi connectivity index (χ2v) is 2.00. The molecule has 0 saturated carbocycles. The van der Waals surface area contributed by atoms with Crippen molar-refractivity contribution in [3.63, 3.8) is 0 Å². The number of phenols is 2. The molecule has 2 rings (SSSR count). The Morgan fingerprint density at radius 2 is 1.90 bits per heavy atom. The van der Waals surface area contributed by atoms with Crippen molar-refractivity contribution in [3.05, 3.63) is 12.1 Å². The van der Waals surface area contributed by atoms with Crippen LogP contribution in [0.5, 0.6) is 11.5 Å². The third-order valence-electron chi connectivity index (χ3n) is 1.37. The molecule has 0 spiro atoms. The SMILES string of the molecule is Oc1ccc2c(O)c1N=N2. The summed E-state index contributed by atoms with van der Waals surface area (Å²) in [6, 6.07) is 2.95. The molecule has 50 valence electrons. The number of hydrogen-bond donors (Lipinski definition) is 2. The average molecular weight is 136 g/mol. The number of azo groups is 1. The Balaban J connectivity index is 2.83. The van der Waals surface area contributed by atoms with E-state index in [-0.39, 0.29) is 17.2 Å². The van der Waals surface area contributed by atoms with E-state index in [0.717, 1.165) is 0 Å². The van der Waals surface area contributed by atoms with Crippen LogP contribution in [0.2, 0.25) is 0 Å². The van der Waals surface area contributed by atoms with Crippen LogP contribution in [0.1, 0.15) is 0 Å². The Hall–Kier alpha value is -1.58. The van der Waals surface area contributed by atoms with Gasteiger partial charge in [-0.25, -0.2) is 0 Å². The zero-order valence-corrected chi connectivity index (χ0v) is 4.94. The van der Waals surface area contributed by atoms with Gasteiger partial charge in [0.1, 0.15) is 11.4 Å². The molecule has 1 aliphatic heterocycles. The third-order valence-corrected chi connectivity index (χ3v) is 1.37. The maximum Gasteiger partial charge on any atom is 0.174 e. The highest BCUT2D eigenvalue weighted by Crippen LogP contribution is 2.48. The third kappa shape index (κ3) is 0.452. The van der Waals surface area contributed by atoms with E-state index in [0.29, 0.717) is 5.69 Å². The molecule has 0 atom stereocenters. The number of rotatable bonds is 0. The molecule has 0 saturated heterocycles. The Kier molecular flexibility index (Phi) is 0.768. The van der Waals surface area contributed by atoms with E-state index in [1.807, 2.05) is 0 Å². The van der Waals surface area contributed by atoms with Gasteiger partial charge in [-0.05, 0) is 12.1 Å². The van der Waals surface area contributed by atoms with Gasteiger partial charge in [-0.3, -0.25) is 0 Å². The summed E-state index contributed by atoms with van der Waals surface area (Å²) in [7, 11) is 0. The van der Waals surface area contributed by atoms with E-state index in [2.05, 4.69) is 10.2 Å². The molecule has 0 radical (unpaired) electrons. The molecule has 4 nitrogen and oxygen atoms in total. The van der Waals surface area contributed by atoms with Crippen LogP contribution in [0.25, 0.3) is 0 Å². The van der Waals surface area contributed by atoms with Crippen molar-refractivity contribution in [2.24, 2.45) is 10.2 Å². The number of benzene rings is 1. The molecular formula is C6H4N2O2. The molecule has 10 heavy (non-hydrogen) atoms. The largest absolute Gasteiger partial charge is 0.505 e. The minimum atomic E-state index is -0.0417. The lowest BCUT2D eigenvalue weighted by atomic mass is 10.2. The fourth-order valence-corrected chi connectivity index (χ4v) is 0.842. The maximum absolute atomic E-state index is 9.10. The van der Waals surface area contributed by atoms with Crippen molar-refractivity contribution in [2.45, 2.75) is 0 Å². The quantitative estimate of drug-likeness (QED) is 0.580. The summed E-state index contributed by atoms with van der Waals surface area (Å²) in [5, 5.41) is 25.2. The first kappa shape index (κ1) is 5.22. The van der Waals surface area contributed by atoms with E-state index in [9.17, 15) is 0 Å². The predicted octanol–water partition coefficient (Wildman–Crippen LogP) is 1.83. The second-order valence-electron chi connectivity index (χ2n) is 2.00. The molecule has 0 amide bonds. The van der Waals surface area contributed by atoms with Crippen molar-refractivity contribution in [2.75, 3.05) is 0 Å². The highest BCUT2D eigenvalue weighted by atomic mass is 16.3. The summed E-state index contributed by atoms with van der Waals surface area (Å²) in [6.45, 7) is 0. The summed E-state index contributed by atoms with van der Waals surface area (Å²) in [5.74, 6) is -0.0810. The van der Waals surface area contributed by atoms with Crippen LogP contribution in [0, 0.1) is 0 Å². The van der Waals surface area contributed by atoms with Gasteiger partial charge in [0.25, 0.3) is 0 Å². The Labute approximate surface area is 56.5 Å². The zero-order chi connectivity index (χ0) is 7.14. The van der Waals surface area contributed by atoms with Crippen LogP contribution in [0.3, 0.4) is 0 Å². The second kappa shape index (κ2) is 1.47. The minimum Gasteiger partial charge on any atom is -0.505 e. The molecule has 2 N–H and O–H groups in total. The standard InChI is InChI=1S/C6H4N2O2/c9-4-2-1-3-6(10)5(4)8-7-3/h1-2,9-10H. The van der Waals surface area contributed by atoms with Crippen molar-refractivity contribution >= 4 is 11.4 Å². The van der Waals surface area contributed by atoms with Crippen molar-refractivity contribution in [1.82, 2.24) is 0 Å². The van der Waals surface area contributed by atoms with Crippen LogP contribution >= 0.6 is 0 Å². The van der Waals surface area contributed by atoms with Crippen LogP contribution in [-0.2, 0) is 0 Å². The first-order valence-electron chi connectivity index (χ1n) is 2.76. The fraction of sp³-hybridized carbons (Fsp3) is 0. The molecule has 1 aliphatic rings. The van der Waals surface area contributed by atoms with E-state index in [4.69, 9.17) is 10.2 Å². The zero-order valence-electron chi connectivity index (χ0n) is 4.94. The molecule has 0 aromatic heterocycles. The first-order chi connectivity index (χ1) is 4.79. The van der Waals surface area contributed by atoms with Gasteiger partial charge in [0.05, 0.1) is 0 Å². The molecule has 1 heterocycles. The molecule has 0 aliphatic carbocycles. The van der Waals surface area contributed by atoms with Gasteiger partial charge in [0.15, 0.2) is 11.4 Å². The van der Waals surface area contributed by atoms with Gasteiger partial charge in [-0.1, -0.05) is 0 Å². The number of aromatic hydroxyl groups is 2. The van der Waals surface area contributed by atoms with E-state index in [1.165, 1.54) is 12.1 Å². The molecule has 1 aromatic carbocycles. The number of hydrogen-bond acceptors (Lipinski definition) is 4. The minimum absolute atomic E-state index is 0.0394. The van der Waals surface area contributed by atoms with E-state index >= 15 is 0 Å². The van der Waals surface area contributed by atoms with Crippen LogP contribution in [0.15, 0.2) is 22.4 Å². The van der Waals surface area contributed by atoms with Crippen molar-refractivity contribution in [1.29, 1.82) is 0 Å². The Morgan fingerprint density at radius 3 is 2.60 bits per heavy atom. The molecule has 0 unspecified atom stereocenters. The first-order valence-corrected chi connectivity index (χ1v) is 2.76. The molecule has 2 bridgehead atoms. The normalized spacial score (nSPS) is 12.4. The molecule has 4 heteroatoms. The lowest BCUT2D eigenvalue weighted by Gasteiger charge is -1.94. The summed E-state index contributed by atoms with van der Waals surface area (Å²) in [4.78, 5) is 0. The van der Waals surface area contributed by atoms with Crippen LogP contribution < -0.4 is 0 Å². The lowest BCUT2D eigenvalue weighted by Crippen LogP contribution is -1.64. The van der Waals surface area contributed by atoms with Gasteiger partial charge in [0.2, 0.25) is 0 Å². The van der Waals surface area contributed by atoms with E-state index in [1.54, 1.807) is 0 Å². The average Bonchev–Trinajstić information content (AvgIpc) is 2.13. The van der Waals surface area contributed by atoms with Crippen molar-refractivity contribution < 1.29 is 10.2 Å². The van der Waals surface area contributed by atoms with Crippen LogP contribution in [0.4, 0.5) is 11.4 Å². The summed E-state index contributed by atoms with van der Waals surface area (Å²) in [6.07, 6.45) is 0. The Morgan fingerprint density at radius 1 is 1.10 bits per heavy atom. The highest BCUT2D eigenvalue weighted by molar-refractivity contribution is 5.73. The van der Waals surface area contributed by atoms with Gasteiger partial charge in [0, 0.05) is 0 Å². The molecular weight excluding hydrogens is 132 g/mol. The monoisotopic (exact) mass is 136 g/mol. The maximum atomic E-state index is 9.10. The summed E-state index contributed by atoms with van der Waals surface area (Å²) >= 11 is 0. The van der Waals surface area contributed by atoms with Gasteiger partial charge < -0.3 is 10.2 Å². The van der Waals surface area contributed by atoms with Gasteiger partial charge >= 0.3 is 0 Å². The van der Waals surface area contributed by atoms with Gasteiger partial charge in [-0.15, -0.1) is 10.2 Å². The summed E-state index contributed by atoms with van der Waals surface area (Å²) < 4.78 is 0. The van der Waals surface area contributed by atoms with Crippen molar-refractivity contribution in [3.8, 4) is 11.5 Å². The highest BCUT2D eigenvalue weighted by Gasteiger charge is 2.16. The number of nitrogens with zero attached hydrogens (tertiary/aromatic N) is 2. The lowest BCUT2D eigenvalue weighted by molar-refractivity contribution is 0.457. The topological polar surface area (TPSA) is 65.2 Å². The van der Waals surface area contributed by atoms with Crippen LogP contribution in [-0.4, -0.2) is 10.2 Å². The fourth-order valence-electron chi connectivity index (χ4n) is 0.842.